The number of nitrogens with one attached hydrogen (secondary N) is 1. The molecule has 27 heavy (non-hydrogen) atoms. The van der Waals surface area contributed by atoms with Gasteiger partial charge in [-0.25, -0.2) is 0 Å². The molecule has 148 valence electrons. The van der Waals surface area contributed by atoms with E-state index in [0.717, 1.165) is 0 Å². The first-order chi connectivity index (χ1) is 12.6. The standard InChI is InChI=1S/C16H20N2O8S/c1-7-5-18(16(27)17-14(7)22)15-13(25-10(4)21)12(24-9(3)20)11(26-15)6-23-8(2)19/h5,11-13,15H,6H2,1-4H3,(H,17,22,27)/t11-,12-,13-,15-/m1/s1. The van der Waals surface area contributed by atoms with Crippen LogP contribution < -0.4 is 5.56 Å². The van der Waals surface area contributed by atoms with Gasteiger partial charge in [0.15, 0.2) is 23.2 Å². The van der Waals surface area contributed by atoms with Gasteiger partial charge in [-0.05, 0) is 19.1 Å². The van der Waals surface area contributed by atoms with Gasteiger partial charge in [0, 0.05) is 32.5 Å². The average Bonchev–Trinajstić information content (AvgIpc) is 2.85. The highest BCUT2D eigenvalue weighted by atomic mass is 32.1. The number of H-pyrrole nitrogens is 1. The Bertz CT molecular complexity index is 861. The van der Waals surface area contributed by atoms with Crippen LogP contribution in [0, 0.1) is 11.7 Å². The Morgan fingerprint density at radius 1 is 1.15 bits per heavy atom. The van der Waals surface area contributed by atoms with E-state index < -0.39 is 42.4 Å². The van der Waals surface area contributed by atoms with Crippen LogP contribution in [0.15, 0.2) is 11.0 Å². The molecule has 1 aliphatic heterocycles. The van der Waals surface area contributed by atoms with Gasteiger partial charge in [-0.2, -0.15) is 0 Å². The minimum absolute atomic E-state index is 0.0301. The van der Waals surface area contributed by atoms with E-state index in [9.17, 15) is 19.2 Å². The molecule has 10 nitrogen and oxygen atoms in total. The van der Waals surface area contributed by atoms with Gasteiger partial charge in [0.2, 0.25) is 0 Å². The fourth-order valence-electron chi connectivity index (χ4n) is 2.69. The molecule has 0 amide bonds. The van der Waals surface area contributed by atoms with Crippen molar-refractivity contribution in [3.63, 3.8) is 0 Å². The summed E-state index contributed by atoms with van der Waals surface area (Å²) in [6, 6.07) is 0. The first-order valence-corrected chi connectivity index (χ1v) is 8.46. The predicted molar refractivity (Wildman–Crippen MR) is 92.3 cm³/mol. The SMILES string of the molecule is CC(=O)OC[C@H]1O[C@@H](n2cc(C)c(=O)[nH]c2=S)[C@H](OC(C)=O)[C@@H]1OC(C)=O. The fourth-order valence-corrected chi connectivity index (χ4v) is 2.94. The summed E-state index contributed by atoms with van der Waals surface area (Å²) in [5.41, 5.74) is -0.0208. The van der Waals surface area contributed by atoms with Crippen molar-refractivity contribution in [2.45, 2.75) is 52.2 Å². The van der Waals surface area contributed by atoms with Crippen molar-refractivity contribution in [2.24, 2.45) is 0 Å². The fraction of sp³-hybridized carbons (Fsp3) is 0.562. The molecule has 1 aromatic rings. The van der Waals surface area contributed by atoms with Crippen LogP contribution in [0.2, 0.25) is 0 Å². The number of aryl methyl sites for hydroxylation is 1. The number of hydrogen-bond donors (Lipinski definition) is 1. The lowest BCUT2D eigenvalue weighted by molar-refractivity contribution is -0.166. The highest BCUT2D eigenvalue weighted by Crippen LogP contribution is 2.34. The van der Waals surface area contributed by atoms with Crippen molar-refractivity contribution in [1.29, 1.82) is 0 Å². The van der Waals surface area contributed by atoms with Crippen LogP contribution in [-0.4, -0.2) is 52.4 Å². The molecule has 0 spiro atoms. The minimum Gasteiger partial charge on any atom is -0.463 e. The van der Waals surface area contributed by atoms with Gasteiger partial charge in [0.05, 0.1) is 0 Å². The molecule has 2 heterocycles. The maximum Gasteiger partial charge on any atom is 0.303 e. The zero-order valence-electron chi connectivity index (χ0n) is 15.2. The van der Waals surface area contributed by atoms with Crippen LogP contribution in [0.25, 0.3) is 0 Å². The van der Waals surface area contributed by atoms with Gasteiger partial charge in [-0.1, -0.05) is 0 Å². The summed E-state index contributed by atoms with van der Waals surface area (Å²) < 4.78 is 22.8. The van der Waals surface area contributed by atoms with Crippen molar-refractivity contribution in [1.82, 2.24) is 9.55 Å². The largest absolute Gasteiger partial charge is 0.463 e. The average molecular weight is 400 g/mol. The molecule has 1 aliphatic rings. The number of carbonyl (C=O) groups is 3. The van der Waals surface area contributed by atoms with Crippen molar-refractivity contribution < 1.29 is 33.3 Å². The molecule has 0 saturated carbocycles. The van der Waals surface area contributed by atoms with Crippen LogP contribution >= 0.6 is 12.2 Å². The molecule has 0 bridgehead atoms. The summed E-state index contributed by atoms with van der Waals surface area (Å²) in [5.74, 6) is -1.81. The molecular formula is C16H20N2O8S. The second kappa shape index (κ2) is 8.44. The molecule has 0 radical (unpaired) electrons. The van der Waals surface area contributed by atoms with Crippen molar-refractivity contribution >= 4 is 30.1 Å². The Labute approximate surface area is 159 Å². The highest BCUT2D eigenvalue weighted by molar-refractivity contribution is 7.71. The number of ether oxygens (including phenoxy) is 4. The van der Waals surface area contributed by atoms with Crippen LogP contribution in [-0.2, 0) is 33.3 Å². The van der Waals surface area contributed by atoms with Crippen molar-refractivity contribution in [2.75, 3.05) is 6.61 Å². The first-order valence-electron chi connectivity index (χ1n) is 8.05. The molecule has 0 unspecified atom stereocenters. The second-order valence-corrected chi connectivity index (χ2v) is 6.38. The lowest BCUT2D eigenvalue weighted by Crippen LogP contribution is -2.40. The molecule has 0 aromatic carbocycles. The summed E-state index contributed by atoms with van der Waals surface area (Å²) in [6.07, 6.45) is -2.56. The number of esters is 3. The molecule has 11 heteroatoms. The van der Waals surface area contributed by atoms with Crippen LogP contribution in [0.4, 0.5) is 0 Å². The van der Waals surface area contributed by atoms with Gasteiger partial charge in [-0.3, -0.25) is 28.7 Å². The third-order valence-electron chi connectivity index (χ3n) is 3.76. The Morgan fingerprint density at radius 2 is 1.74 bits per heavy atom. The predicted octanol–water partition coefficient (Wildman–Crippen LogP) is 0.538. The summed E-state index contributed by atoms with van der Waals surface area (Å²) in [6.45, 7) is 4.95. The molecule has 4 atom stereocenters. The van der Waals surface area contributed by atoms with Gasteiger partial charge < -0.3 is 18.9 Å². The molecule has 1 fully saturated rings. The van der Waals surface area contributed by atoms with E-state index >= 15 is 0 Å². The summed E-state index contributed by atoms with van der Waals surface area (Å²) in [4.78, 5) is 48.5. The first kappa shape index (κ1) is 20.8. The third kappa shape index (κ3) is 5.01. The minimum atomic E-state index is -1.07. The van der Waals surface area contributed by atoms with Crippen molar-refractivity contribution in [3.8, 4) is 0 Å². The van der Waals surface area contributed by atoms with Crippen LogP contribution in [0.5, 0.6) is 0 Å². The number of aromatic nitrogens is 2. The highest BCUT2D eigenvalue weighted by Gasteiger charge is 2.50. The number of nitrogens with zero attached hydrogens (tertiary/aromatic N) is 1. The maximum absolute atomic E-state index is 11.7. The quantitative estimate of drug-likeness (QED) is 0.428. The van der Waals surface area contributed by atoms with E-state index in [2.05, 4.69) is 4.98 Å². The van der Waals surface area contributed by atoms with Gasteiger partial charge in [-0.15, -0.1) is 0 Å². The normalized spacial score (nSPS) is 24.3. The second-order valence-electron chi connectivity index (χ2n) is 5.99. The van der Waals surface area contributed by atoms with E-state index in [-0.39, 0.29) is 16.9 Å². The van der Waals surface area contributed by atoms with Crippen LogP contribution in [0.3, 0.4) is 0 Å². The Kier molecular flexibility index (Phi) is 6.50. The van der Waals surface area contributed by atoms with Crippen LogP contribution in [0.1, 0.15) is 32.6 Å². The van der Waals surface area contributed by atoms with E-state index in [1.165, 1.54) is 31.5 Å². The Hall–Kier alpha value is -2.53. The summed E-state index contributed by atoms with van der Waals surface area (Å²) in [7, 11) is 0. The van der Waals surface area contributed by atoms with E-state index in [1.807, 2.05) is 0 Å². The van der Waals surface area contributed by atoms with Gasteiger partial charge in [0.25, 0.3) is 5.56 Å². The Morgan fingerprint density at radius 3 is 2.30 bits per heavy atom. The monoisotopic (exact) mass is 400 g/mol. The summed E-state index contributed by atoms with van der Waals surface area (Å²) in [5, 5.41) is 0. The van der Waals surface area contributed by atoms with Gasteiger partial charge >= 0.3 is 17.9 Å². The number of carbonyl (C=O) groups excluding carboxylic acids is 3. The van der Waals surface area contributed by atoms with E-state index in [1.54, 1.807) is 6.92 Å². The molecule has 1 N–H and O–H groups in total. The van der Waals surface area contributed by atoms with Crippen molar-refractivity contribution in [3.05, 3.63) is 26.9 Å². The molecule has 2 rings (SSSR count). The molecular weight excluding hydrogens is 380 g/mol. The van der Waals surface area contributed by atoms with E-state index in [4.69, 9.17) is 31.2 Å². The molecule has 1 saturated heterocycles. The topological polar surface area (TPSA) is 126 Å². The van der Waals surface area contributed by atoms with Gasteiger partial charge in [0.1, 0.15) is 12.7 Å². The molecule has 1 aromatic heterocycles. The molecule has 0 aliphatic carbocycles. The maximum atomic E-state index is 11.7. The zero-order chi connectivity index (χ0) is 20.3. The number of rotatable bonds is 5. The Balaban J connectivity index is 2.47. The lowest BCUT2D eigenvalue weighted by Gasteiger charge is -2.24. The zero-order valence-corrected chi connectivity index (χ0v) is 16.0. The smallest absolute Gasteiger partial charge is 0.303 e. The van der Waals surface area contributed by atoms with E-state index in [0.29, 0.717) is 5.56 Å². The third-order valence-corrected chi connectivity index (χ3v) is 4.07. The summed E-state index contributed by atoms with van der Waals surface area (Å²) >= 11 is 5.17. The number of hydrogen-bond acceptors (Lipinski definition) is 9. The number of aromatic amines is 1. The lowest BCUT2D eigenvalue weighted by atomic mass is 10.1.